The number of halogens is 2. The van der Waals surface area contributed by atoms with E-state index in [2.05, 4.69) is 20.9 Å². The van der Waals surface area contributed by atoms with Crippen molar-refractivity contribution in [2.24, 2.45) is 0 Å². The van der Waals surface area contributed by atoms with Crippen molar-refractivity contribution < 1.29 is 9.47 Å². The number of rotatable bonds is 5. The van der Waals surface area contributed by atoms with Crippen molar-refractivity contribution in [3.63, 3.8) is 0 Å². The van der Waals surface area contributed by atoms with Crippen molar-refractivity contribution in [3.05, 3.63) is 51.8 Å². The van der Waals surface area contributed by atoms with Crippen LogP contribution in [0.15, 0.2) is 34.8 Å². The Morgan fingerprint density at radius 2 is 2.10 bits per heavy atom. The first-order valence-corrected chi connectivity index (χ1v) is 7.44. The minimum atomic E-state index is 0.366. The fourth-order valence-electron chi connectivity index (χ4n) is 1.86. The minimum Gasteiger partial charge on any atom is -0.497 e. The van der Waals surface area contributed by atoms with E-state index in [1.54, 1.807) is 7.11 Å². The number of methoxy groups -OCH3 is 1. The molecule has 0 aliphatic carbocycles. The van der Waals surface area contributed by atoms with Crippen molar-refractivity contribution in [1.29, 1.82) is 0 Å². The first-order valence-electron chi connectivity index (χ1n) is 6.11. The van der Waals surface area contributed by atoms with Gasteiger partial charge in [0, 0.05) is 23.4 Å². The average molecular weight is 357 g/mol. The van der Waals surface area contributed by atoms with Gasteiger partial charge >= 0.3 is 0 Å². The van der Waals surface area contributed by atoms with Crippen molar-refractivity contribution in [1.82, 2.24) is 4.98 Å². The van der Waals surface area contributed by atoms with Crippen LogP contribution in [0.4, 0.5) is 0 Å². The third kappa shape index (κ3) is 3.64. The van der Waals surface area contributed by atoms with E-state index in [1.807, 2.05) is 37.3 Å². The van der Waals surface area contributed by atoms with E-state index in [4.69, 9.17) is 21.1 Å². The van der Waals surface area contributed by atoms with Crippen LogP contribution in [0.25, 0.3) is 0 Å². The molecule has 0 unspecified atom stereocenters. The molecule has 0 fully saturated rings. The van der Waals surface area contributed by atoms with Crippen LogP contribution in [0.2, 0.25) is 0 Å². The van der Waals surface area contributed by atoms with E-state index in [1.165, 1.54) is 0 Å². The summed E-state index contributed by atoms with van der Waals surface area (Å²) in [6, 6.07) is 9.55. The van der Waals surface area contributed by atoms with Gasteiger partial charge in [-0.2, -0.15) is 0 Å². The number of aromatic nitrogens is 1. The van der Waals surface area contributed by atoms with E-state index in [9.17, 15) is 0 Å². The molecular formula is C15H15BrClNO2. The van der Waals surface area contributed by atoms with E-state index in [-0.39, 0.29) is 0 Å². The number of ether oxygens (including phenoxy) is 2. The number of alkyl halides is 1. The van der Waals surface area contributed by atoms with Crippen LogP contribution in [0.5, 0.6) is 11.5 Å². The standard InChI is InChI=1S/C15H15BrClNO2/c1-10-6-13(19-2)7-12(18-10)9-20-15-11(8-17)4-3-5-14(15)16/h3-7H,8-9H2,1-2H3. The molecule has 0 radical (unpaired) electrons. The second-order valence-corrected chi connectivity index (χ2v) is 5.41. The zero-order valence-electron chi connectivity index (χ0n) is 11.3. The molecule has 0 bridgehead atoms. The van der Waals surface area contributed by atoms with E-state index in [0.29, 0.717) is 12.5 Å². The van der Waals surface area contributed by atoms with Crippen LogP contribution < -0.4 is 9.47 Å². The SMILES string of the molecule is COc1cc(C)nc(COc2c(Br)cccc2CCl)c1. The second-order valence-electron chi connectivity index (χ2n) is 4.29. The lowest BCUT2D eigenvalue weighted by Crippen LogP contribution is -2.02. The Morgan fingerprint density at radius 1 is 1.30 bits per heavy atom. The summed E-state index contributed by atoms with van der Waals surface area (Å²) >= 11 is 9.40. The number of hydrogen-bond donors (Lipinski definition) is 0. The average Bonchev–Trinajstić information content (AvgIpc) is 2.45. The van der Waals surface area contributed by atoms with Gasteiger partial charge in [0.2, 0.25) is 0 Å². The highest BCUT2D eigenvalue weighted by atomic mass is 79.9. The molecule has 1 heterocycles. The van der Waals surface area contributed by atoms with Crippen LogP contribution in [0.1, 0.15) is 17.0 Å². The zero-order chi connectivity index (χ0) is 14.5. The van der Waals surface area contributed by atoms with E-state index < -0.39 is 0 Å². The molecule has 0 aliphatic heterocycles. The lowest BCUT2D eigenvalue weighted by Gasteiger charge is -2.12. The van der Waals surface area contributed by atoms with Gasteiger partial charge in [-0.15, -0.1) is 11.6 Å². The molecule has 20 heavy (non-hydrogen) atoms. The summed E-state index contributed by atoms with van der Waals surface area (Å²) in [5.74, 6) is 1.94. The molecule has 5 heteroatoms. The number of benzene rings is 1. The van der Waals surface area contributed by atoms with Gasteiger partial charge in [-0.1, -0.05) is 12.1 Å². The summed E-state index contributed by atoms with van der Waals surface area (Å²) in [5, 5.41) is 0. The van der Waals surface area contributed by atoms with Gasteiger partial charge in [0.1, 0.15) is 18.1 Å². The largest absolute Gasteiger partial charge is 0.497 e. The molecule has 0 atom stereocenters. The van der Waals surface area contributed by atoms with Gasteiger partial charge in [-0.25, -0.2) is 0 Å². The summed E-state index contributed by atoms with van der Waals surface area (Å²) < 4.78 is 12.0. The van der Waals surface area contributed by atoms with Gasteiger partial charge in [0.25, 0.3) is 0 Å². The normalized spacial score (nSPS) is 10.4. The Balaban J connectivity index is 2.19. The molecular weight excluding hydrogens is 342 g/mol. The number of aryl methyl sites for hydroxylation is 1. The van der Waals surface area contributed by atoms with Crippen molar-refractivity contribution in [2.75, 3.05) is 7.11 Å². The minimum absolute atomic E-state index is 0.366. The maximum Gasteiger partial charge on any atom is 0.138 e. The first kappa shape index (κ1) is 15.1. The van der Waals surface area contributed by atoms with Crippen LogP contribution in [-0.2, 0) is 12.5 Å². The molecule has 1 aromatic heterocycles. The number of para-hydroxylation sites is 1. The lowest BCUT2D eigenvalue weighted by atomic mass is 10.2. The zero-order valence-corrected chi connectivity index (χ0v) is 13.7. The number of nitrogens with zero attached hydrogens (tertiary/aromatic N) is 1. The summed E-state index contributed by atoms with van der Waals surface area (Å²) in [6.45, 7) is 2.29. The maximum absolute atomic E-state index is 5.92. The van der Waals surface area contributed by atoms with Gasteiger partial charge < -0.3 is 9.47 Å². The van der Waals surface area contributed by atoms with E-state index in [0.717, 1.165) is 32.9 Å². The molecule has 3 nitrogen and oxygen atoms in total. The van der Waals surface area contributed by atoms with Crippen LogP contribution in [0, 0.1) is 6.92 Å². The summed E-state index contributed by atoms with van der Waals surface area (Å²) in [7, 11) is 1.64. The molecule has 0 aliphatic rings. The molecule has 0 saturated heterocycles. The highest BCUT2D eigenvalue weighted by Crippen LogP contribution is 2.31. The Morgan fingerprint density at radius 3 is 2.80 bits per heavy atom. The third-order valence-corrected chi connectivity index (χ3v) is 3.68. The highest BCUT2D eigenvalue weighted by Gasteiger charge is 2.09. The van der Waals surface area contributed by atoms with Gasteiger partial charge in [0.05, 0.1) is 23.2 Å². The van der Waals surface area contributed by atoms with Gasteiger partial charge in [-0.3, -0.25) is 4.98 Å². The molecule has 0 N–H and O–H groups in total. The summed E-state index contributed by atoms with van der Waals surface area (Å²) in [5.41, 5.74) is 2.66. The van der Waals surface area contributed by atoms with Crippen molar-refractivity contribution in [3.8, 4) is 11.5 Å². The quantitative estimate of drug-likeness (QED) is 0.740. The van der Waals surface area contributed by atoms with Crippen LogP contribution in [0.3, 0.4) is 0 Å². The monoisotopic (exact) mass is 355 g/mol. The fraction of sp³-hybridized carbons (Fsp3) is 0.267. The first-order chi connectivity index (χ1) is 9.63. The summed E-state index contributed by atoms with van der Waals surface area (Å²) in [4.78, 5) is 4.43. The number of pyridine rings is 1. The molecule has 106 valence electrons. The molecule has 2 rings (SSSR count). The lowest BCUT2D eigenvalue weighted by molar-refractivity contribution is 0.295. The van der Waals surface area contributed by atoms with Crippen molar-refractivity contribution in [2.45, 2.75) is 19.4 Å². The molecule has 0 amide bonds. The van der Waals surface area contributed by atoms with Crippen LogP contribution >= 0.6 is 27.5 Å². The predicted molar refractivity (Wildman–Crippen MR) is 83.6 cm³/mol. The predicted octanol–water partition coefficient (Wildman–Crippen LogP) is 4.48. The maximum atomic E-state index is 5.92. The molecule has 0 spiro atoms. The fourth-order valence-corrected chi connectivity index (χ4v) is 2.59. The Hall–Kier alpha value is -1.26. The smallest absolute Gasteiger partial charge is 0.138 e. The Kier molecular flexibility index (Phi) is 5.26. The topological polar surface area (TPSA) is 31.4 Å². The number of hydrogen-bond acceptors (Lipinski definition) is 3. The van der Waals surface area contributed by atoms with Crippen molar-refractivity contribution >= 4 is 27.5 Å². The Bertz CT molecular complexity index is 604. The molecule has 2 aromatic rings. The molecule has 1 aromatic carbocycles. The van der Waals surface area contributed by atoms with E-state index >= 15 is 0 Å². The van der Waals surface area contributed by atoms with Crippen LogP contribution in [-0.4, -0.2) is 12.1 Å². The van der Waals surface area contributed by atoms with Gasteiger partial charge in [0.15, 0.2) is 0 Å². The third-order valence-electron chi connectivity index (χ3n) is 2.77. The van der Waals surface area contributed by atoms with Gasteiger partial charge in [-0.05, 0) is 28.9 Å². The highest BCUT2D eigenvalue weighted by molar-refractivity contribution is 9.10. The Labute approximate surface area is 132 Å². The molecule has 0 saturated carbocycles. The second kappa shape index (κ2) is 6.95. The summed E-state index contributed by atoms with van der Waals surface area (Å²) in [6.07, 6.45) is 0.